The van der Waals surface area contributed by atoms with Crippen LogP contribution in [-0.4, -0.2) is 39.9 Å². The van der Waals surface area contributed by atoms with Crippen LogP contribution in [0.15, 0.2) is 40.4 Å². The molecule has 2 N–H and O–H groups in total. The predicted molar refractivity (Wildman–Crippen MR) is 119 cm³/mol. The summed E-state index contributed by atoms with van der Waals surface area (Å²) in [5, 5.41) is 14.7. The number of ether oxygens (including phenoxy) is 1. The zero-order valence-corrected chi connectivity index (χ0v) is 18.4. The van der Waals surface area contributed by atoms with Gasteiger partial charge in [-0.1, -0.05) is 29.8 Å². The van der Waals surface area contributed by atoms with E-state index in [2.05, 4.69) is 32.1 Å². The molecule has 0 spiro atoms. The first-order valence-electron chi connectivity index (χ1n) is 9.60. The van der Waals surface area contributed by atoms with Crippen molar-refractivity contribution in [3.05, 3.63) is 56.4 Å². The average Bonchev–Trinajstić information content (AvgIpc) is 2.67. The van der Waals surface area contributed by atoms with Crippen LogP contribution in [0.5, 0.6) is 11.6 Å². The second-order valence-electron chi connectivity index (χ2n) is 7.30. The molecule has 1 atom stereocenters. The smallest absolute Gasteiger partial charge is 0.347 e. The second-order valence-corrected chi connectivity index (χ2v) is 8.12. The van der Waals surface area contributed by atoms with E-state index in [1.165, 1.54) is 12.1 Å². The molecule has 0 aliphatic carbocycles. The highest BCUT2D eigenvalue weighted by atomic mass is 35.5. The zero-order chi connectivity index (χ0) is 22.3. The molecule has 2 amide bonds. The van der Waals surface area contributed by atoms with Crippen LogP contribution in [-0.2, 0) is 0 Å². The summed E-state index contributed by atoms with van der Waals surface area (Å²) in [5.74, 6) is 0.302. The number of likely N-dealkylation sites (tertiary alicyclic amines) is 1. The fourth-order valence-corrected chi connectivity index (χ4v) is 3.82. The average molecular weight is 463 g/mol. The van der Waals surface area contributed by atoms with Gasteiger partial charge in [-0.05, 0) is 45.5 Å². The zero-order valence-electron chi connectivity index (χ0n) is 16.9. The van der Waals surface area contributed by atoms with Crippen molar-refractivity contribution in [2.75, 3.05) is 18.1 Å². The number of carbonyl (C=O) groups is 1. The molecular weight excluding hydrogens is 443 g/mol. The Hall–Kier alpha value is -2.88. The summed E-state index contributed by atoms with van der Waals surface area (Å²) >= 11 is 12.8. The van der Waals surface area contributed by atoms with Crippen LogP contribution in [0.25, 0.3) is 0 Å². The maximum Gasteiger partial charge on any atom is 0.347 e. The van der Waals surface area contributed by atoms with E-state index in [1.54, 1.807) is 13.0 Å². The second kappa shape index (κ2) is 8.33. The highest BCUT2D eigenvalue weighted by Gasteiger charge is 2.26. The van der Waals surface area contributed by atoms with E-state index in [4.69, 9.17) is 27.9 Å². The molecule has 11 heteroatoms. The number of allylic oxidation sites excluding steroid dienone is 1. The molecule has 1 saturated heterocycles. The number of carbonyl (C=O) groups excluding carboxylic acids is 1. The fourth-order valence-electron chi connectivity index (χ4n) is 3.26. The number of aromatic amines is 1. The lowest BCUT2D eigenvalue weighted by atomic mass is 10.1. The van der Waals surface area contributed by atoms with E-state index in [9.17, 15) is 9.59 Å². The Morgan fingerprint density at radius 1 is 1.19 bits per heavy atom. The molecule has 162 valence electrons. The lowest BCUT2D eigenvalue weighted by Gasteiger charge is -2.36. The number of hydrazone groups is 1. The summed E-state index contributed by atoms with van der Waals surface area (Å²) in [5.41, 5.74) is 1.60. The first kappa shape index (κ1) is 21.4. The van der Waals surface area contributed by atoms with Crippen LogP contribution in [0.3, 0.4) is 0 Å². The Morgan fingerprint density at radius 3 is 2.48 bits per heavy atom. The van der Waals surface area contributed by atoms with E-state index in [0.717, 1.165) is 24.5 Å². The van der Waals surface area contributed by atoms with Crippen molar-refractivity contribution in [1.82, 2.24) is 20.4 Å². The van der Waals surface area contributed by atoms with E-state index in [0.29, 0.717) is 22.7 Å². The maximum atomic E-state index is 12.2. The number of anilines is 1. The molecule has 3 heterocycles. The summed E-state index contributed by atoms with van der Waals surface area (Å²) in [7, 11) is 0. The van der Waals surface area contributed by atoms with Crippen LogP contribution in [0, 0.1) is 0 Å². The Morgan fingerprint density at radius 2 is 1.87 bits per heavy atom. The SMILES string of the molecule is C=C1NC(=O)N(c2cc(Cl)c(Oc3cc(C(C)N4CCC4)c(=O)[nH]n3)c(Cl)c2)N=C1C. The minimum absolute atomic E-state index is 0.0652. The Kier molecular flexibility index (Phi) is 5.74. The van der Waals surface area contributed by atoms with Crippen molar-refractivity contribution in [1.29, 1.82) is 0 Å². The number of aromatic nitrogens is 2. The van der Waals surface area contributed by atoms with Gasteiger partial charge in [0.1, 0.15) is 0 Å². The standard InChI is InChI=1S/C20H20Cl2N6O3/c1-10-11(2)26-28(20(30)23-10)13-7-15(21)18(16(22)8-13)31-17-9-14(19(29)25-24-17)12(3)27-5-4-6-27/h7-9,12H,1,4-6H2,2-3H3,(H,23,30)(H,25,29). The number of rotatable bonds is 5. The highest BCUT2D eigenvalue weighted by Crippen LogP contribution is 2.40. The van der Waals surface area contributed by atoms with Crippen molar-refractivity contribution >= 4 is 40.6 Å². The Labute approximate surface area is 188 Å². The molecule has 1 fully saturated rings. The summed E-state index contributed by atoms with van der Waals surface area (Å²) < 4.78 is 5.79. The molecule has 1 aromatic heterocycles. The van der Waals surface area contributed by atoms with Gasteiger partial charge in [0.25, 0.3) is 5.56 Å². The number of halogens is 2. The van der Waals surface area contributed by atoms with Crippen LogP contribution >= 0.6 is 23.2 Å². The number of urea groups is 1. The Bertz CT molecular complexity index is 1130. The van der Waals surface area contributed by atoms with Crippen LogP contribution in [0.4, 0.5) is 10.5 Å². The third-order valence-corrected chi connectivity index (χ3v) is 5.83. The molecule has 0 radical (unpaired) electrons. The van der Waals surface area contributed by atoms with Gasteiger partial charge >= 0.3 is 6.03 Å². The van der Waals surface area contributed by atoms with E-state index in [1.807, 2.05) is 6.92 Å². The number of nitrogens with zero attached hydrogens (tertiary/aromatic N) is 4. The van der Waals surface area contributed by atoms with Crippen LogP contribution in [0.2, 0.25) is 10.0 Å². The van der Waals surface area contributed by atoms with Crippen LogP contribution < -0.4 is 20.6 Å². The van der Waals surface area contributed by atoms with Gasteiger partial charge in [0.15, 0.2) is 5.75 Å². The first-order valence-corrected chi connectivity index (χ1v) is 10.4. The molecular formula is C20H20Cl2N6O3. The van der Waals surface area contributed by atoms with Gasteiger partial charge in [-0.3, -0.25) is 9.69 Å². The van der Waals surface area contributed by atoms with Gasteiger partial charge in [0.05, 0.1) is 27.1 Å². The van der Waals surface area contributed by atoms with Crippen molar-refractivity contribution in [2.24, 2.45) is 5.10 Å². The topological polar surface area (TPSA) is 103 Å². The molecule has 4 rings (SSSR count). The summed E-state index contributed by atoms with van der Waals surface area (Å²) in [6.07, 6.45) is 1.11. The molecule has 0 saturated carbocycles. The van der Waals surface area contributed by atoms with Crippen molar-refractivity contribution in [3.8, 4) is 11.6 Å². The van der Waals surface area contributed by atoms with Crippen LogP contribution in [0.1, 0.15) is 31.9 Å². The van der Waals surface area contributed by atoms with Gasteiger partial charge in [0, 0.05) is 17.7 Å². The first-order chi connectivity index (χ1) is 14.7. The molecule has 1 unspecified atom stereocenters. The van der Waals surface area contributed by atoms with E-state index in [-0.39, 0.29) is 33.3 Å². The number of benzene rings is 1. The molecule has 2 aromatic rings. The number of amides is 2. The summed E-state index contributed by atoms with van der Waals surface area (Å²) in [6.45, 7) is 9.28. The maximum absolute atomic E-state index is 12.2. The molecule has 9 nitrogen and oxygen atoms in total. The van der Waals surface area contributed by atoms with Crippen molar-refractivity contribution in [2.45, 2.75) is 26.3 Å². The minimum Gasteiger partial charge on any atom is -0.434 e. The largest absolute Gasteiger partial charge is 0.434 e. The highest BCUT2D eigenvalue weighted by molar-refractivity contribution is 6.37. The monoisotopic (exact) mass is 462 g/mol. The molecule has 2 aliphatic heterocycles. The molecule has 2 aliphatic rings. The summed E-state index contributed by atoms with van der Waals surface area (Å²) in [4.78, 5) is 26.7. The van der Waals surface area contributed by atoms with Gasteiger partial charge < -0.3 is 10.1 Å². The number of hydrogen-bond acceptors (Lipinski definition) is 6. The third kappa shape index (κ3) is 4.16. The lowest BCUT2D eigenvalue weighted by molar-refractivity contribution is 0.127. The van der Waals surface area contributed by atoms with Gasteiger partial charge in [-0.15, -0.1) is 5.10 Å². The van der Waals surface area contributed by atoms with Crippen molar-refractivity contribution < 1.29 is 9.53 Å². The number of nitrogens with one attached hydrogen (secondary N) is 2. The lowest BCUT2D eigenvalue weighted by Crippen LogP contribution is -2.42. The molecule has 1 aromatic carbocycles. The molecule has 31 heavy (non-hydrogen) atoms. The van der Waals surface area contributed by atoms with Gasteiger partial charge in [-0.25, -0.2) is 9.89 Å². The normalized spacial score (nSPS) is 17.7. The summed E-state index contributed by atoms with van der Waals surface area (Å²) in [6, 6.07) is 4.04. The van der Waals surface area contributed by atoms with Gasteiger partial charge in [-0.2, -0.15) is 10.1 Å². The minimum atomic E-state index is -0.483. The van der Waals surface area contributed by atoms with E-state index >= 15 is 0 Å². The number of H-pyrrole nitrogens is 1. The fraction of sp³-hybridized carbons (Fsp3) is 0.300. The number of hydrogen-bond donors (Lipinski definition) is 2. The third-order valence-electron chi connectivity index (χ3n) is 5.27. The van der Waals surface area contributed by atoms with E-state index < -0.39 is 6.03 Å². The predicted octanol–water partition coefficient (Wildman–Crippen LogP) is 4.05. The Balaban J connectivity index is 1.62. The van der Waals surface area contributed by atoms with Crippen molar-refractivity contribution in [3.63, 3.8) is 0 Å². The quantitative estimate of drug-likeness (QED) is 0.697. The molecule has 0 bridgehead atoms. The van der Waals surface area contributed by atoms with Gasteiger partial charge in [0.2, 0.25) is 5.88 Å².